The van der Waals surface area contributed by atoms with Gasteiger partial charge in [0.05, 0.1) is 0 Å². The number of aromatic nitrogens is 1. The average Bonchev–Trinajstić information content (AvgIpc) is 3.34. The predicted octanol–water partition coefficient (Wildman–Crippen LogP) is 4.43. The van der Waals surface area contributed by atoms with Gasteiger partial charge in [0, 0.05) is 18.8 Å². The number of pyridine rings is 1. The normalized spacial score (nSPS) is 15.3. The summed E-state index contributed by atoms with van der Waals surface area (Å²) in [6.07, 6.45) is 7.03. The highest BCUT2D eigenvalue weighted by Crippen LogP contribution is 2.28. The van der Waals surface area contributed by atoms with Crippen LogP contribution >= 0.6 is 0 Å². The van der Waals surface area contributed by atoms with E-state index in [9.17, 15) is 9.59 Å². The number of carbonyl (C=O) groups is 2. The van der Waals surface area contributed by atoms with Crippen LogP contribution in [0, 0.1) is 5.92 Å². The molecule has 3 aromatic rings. The molecule has 0 aliphatic heterocycles. The first-order valence-electron chi connectivity index (χ1n) is 10.8. The summed E-state index contributed by atoms with van der Waals surface area (Å²) in [6, 6.07) is 16.7. The fourth-order valence-corrected chi connectivity index (χ4v) is 4.17. The number of nitrogens with zero attached hydrogens (tertiary/aromatic N) is 1. The summed E-state index contributed by atoms with van der Waals surface area (Å²) in [5.74, 6) is 0.295. The lowest BCUT2D eigenvalue weighted by Gasteiger charge is -2.29. The minimum absolute atomic E-state index is 0.152. The molecule has 31 heavy (non-hydrogen) atoms. The van der Waals surface area contributed by atoms with Crippen molar-refractivity contribution in [3.05, 3.63) is 66.6 Å². The number of rotatable bonds is 6. The van der Waals surface area contributed by atoms with Gasteiger partial charge in [0.15, 0.2) is 11.5 Å². The first-order chi connectivity index (χ1) is 15.2. The van der Waals surface area contributed by atoms with Crippen molar-refractivity contribution in [2.45, 2.75) is 38.1 Å². The van der Waals surface area contributed by atoms with Crippen LogP contribution in [0.15, 0.2) is 65.2 Å². The summed E-state index contributed by atoms with van der Waals surface area (Å²) < 4.78 is 5.77. The third-order valence-corrected chi connectivity index (χ3v) is 5.89. The number of amides is 2. The maximum absolute atomic E-state index is 12.8. The number of hydrogen-bond acceptors (Lipinski definition) is 4. The van der Waals surface area contributed by atoms with Crippen molar-refractivity contribution < 1.29 is 14.0 Å². The highest BCUT2D eigenvalue weighted by atomic mass is 16.4. The largest absolute Gasteiger partial charge is 0.449 e. The lowest BCUT2D eigenvalue weighted by molar-refractivity contribution is -0.124. The van der Waals surface area contributed by atoms with Gasteiger partial charge in [0.25, 0.3) is 5.91 Å². The molecule has 6 nitrogen and oxygen atoms in total. The second-order valence-electron chi connectivity index (χ2n) is 7.93. The molecule has 2 N–H and O–H groups in total. The Kier molecular flexibility index (Phi) is 6.46. The van der Waals surface area contributed by atoms with Gasteiger partial charge in [-0.3, -0.25) is 14.6 Å². The van der Waals surface area contributed by atoms with Crippen LogP contribution in [0.2, 0.25) is 0 Å². The van der Waals surface area contributed by atoms with E-state index in [0.29, 0.717) is 11.5 Å². The van der Waals surface area contributed by atoms with Gasteiger partial charge in [0.1, 0.15) is 11.7 Å². The molecular weight excluding hydrogens is 390 g/mol. The fourth-order valence-electron chi connectivity index (χ4n) is 4.17. The summed E-state index contributed by atoms with van der Waals surface area (Å²) in [5.41, 5.74) is 2.74. The highest BCUT2D eigenvalue weighted by Gasteiger charge is 2.31. The smallest absolute Gasteiger partial charge is 0.287 e. The third-order valence-electron chi connectivity index (χ3n) is 5.89. The Balaban J connectivity index is 1.47. The molecule has 1 fully saturated rings. The molecule has 1 atom stereocenters. The van der Waals surface area contributed by atoms with Crippen molar-refractivity contribution in [2.75, 3.05) is 7.05 Å². The molecule has 0 bridgehead atoms. The summed E-state index contributed by atoms with van der Waals surface area (Å²) in [7, 11) is 1.60. The Morgan fingerprint density at radius 2 is 1.74 bits per heavy atom. The molecule has 1 saturated carbocycles. The van der Waals surface area contributed by atoms with E-state index in [1.54, 1.807) is 25.4 Å². The quantitative estimate of drug-likeness (QED) is 0.621. The number of carbonyl (C=O) groups excluding carboxylic acids is 2. The van der Waals surface area contributed by atoms with Gasteiger partial charge in [-0.05, 0) is 42.5 Å². The SMILES string of the molecule is CNC(=O)C(NC(=O)c1ccc(-c2ccc(-c3ccccc3)cn2)o1)C1CCCCC1. The average molecular weight is 418 g/mol. The second kappa shape index (κ2) is 9.60. The van der Waals surface area contributed by atoms with Crippen molar-refractivity contribution in [2.24, 2.45) is 5.92 Å². The Hall–Kier alpha value is -3.41. The Labute approximate surface area is 182 Å². The molecule has 0 radical (unpaired) electrons. The summed E-state index contributed by atoms with van der Waals surface area (Å²) in [4.78, 5) is 29.7. The molecule has 2 aromatic heterocycles. The zero-order valence-corrected chi connectivity index (χ0v) is 17.6. The molecule has 1 aromatic carbocycles. The van der Waals surface area contributed by atoms with E-state index in [2.05, 4.69) is 15.6 Å². The van der Waals surface area contributed by atoms with E-state index in [-0.39, 0.29) is 23.5 Å². The molecule has 1 aliphatic carbocycles. The summed E-state index contributed by atoms with van der Waals surface area (Å²) in [5, 5.41) is 5.56. The monoisotopic (exact) mass is 417 g/mol. The standard InChI is InChI=1S/C25H27N3O3/c1-26-25(30)23(18-10-6-3-7-11-18)28-24(29)22-15-14-21(31-22)20-13-12-19(16-27-20)17-8-4-2-5-9-17/h2,4-5,8-9,12-16,18,23H,3,6-7,10-11H2,1H3,(H,26,30)(H,28,29). The molecule has 6 heteroatoms. The molecule has 1 aliphatic rings. The maximum Gasteiger partial charge on any atom is 0.287 e. The van der Waals surface area contributed by atoms with Crippen LogP contribution in [-0.4, -0.2) is 29.9 Å². The van der Waals surface area contributed by atoms with E-state index in [0.717, 1.165) is 36.8 Å². The fraction of sp³-hybridized carbons (Fsp3) is 0.320. The van der Waals surface area contributed by atoms with Crippen LogP contribution in [0.3, 0.4) is 0 Å². The first-order valence-corrected chi connectivity index (χ1v) is 10.8. The summed E-state index contributed by atoms with van der Waals surface area (Å²) in [6.45, 7) is 0. The van der Waals surface area contributed by atoms with Gasteiger partial charge in [0.2, 0.25) is 5.91 Å². The van der Waals surface area contributed by atoms with Crippen molar-refractivity contribution in [1.82, 2.24) is 15.6 Å². The zero-order valence-electron chi connectivity index (χ0n) is 17.6. The van der Waals surface area contributed by atoms with Crippen LogP contribution in [-0.2, 0) is 4.79 Å². The van der Waals surface area contributed by atoms with Gasteiger partial charge in [-0.2, -0.15) is 0 Å². The lowest BCUT2D eigenvalue weighted by Crippen LogP contribution is -2.50. The van der Waals surface area contributed by atoms with Crippen molar-refractivity contribution in [3.8, 4) is 22.6 Å². The molecule has 4 rings (SSSR count). The van der Waals surface area contributed by atoms with Crippen LogP contribution in [0.5, 0.6) is 0 Å². The van der Waals surface area contributed by atoms with Crippen LogP contribution in [0.4, 0.5) is 0 Å². The minimum atomic E-state index is -0.547. The van der Waals surface area contributed by atoms with Gasteiger partial charge < -0.3 is 15.1 Å². The van der Waals surface area contributed by atoms with Gasteiger partial charge in [-0.15, -0.1) is 0 Å². The van der Waals surface area contributed by atoms with Crippen molar-refractivity contribution in [1.29, 1.82) is 0 Å². The minimum Gasteiger partial charge on any atom is -0.449 e. The van der Waals surface area contributed by atoms with Crippen molar-refractivity contribution in [3.63, 3.8) is 0 Å². The van der Waals surface area contributed by atoms with Gasteiger partial charge in [-0.1, -0.05) is 55.7 Å². The molecule has 1 unspecified atom stereocenters. The second-order valence-corrected chi connectivity index (χ2v) is 7.93. The molecule has 2 heterocycles. The zero-order chi connectivity index (χ0) is 21.6. The number of nitrogens with one attached hydrogen (secondary N) is 2. The van der Waals surface area contributed by atoms with Crippen LogP contribution in [0.1, 0.15) is 42.7 Å². The molecule has 2 amide bonds. The van der Waals surface area contributed by atoms with Gasteiger partial charge >= 0.3 is 0 Å². The summed E-state index contributed by atoms with van der Waals surface area (Å²) >= 11 is 0. The molecule has 0 saturated heterocycles. The number of benzene rings is 1. The first kappa shape index (κ1) is 20.8. The molecule has 160 valence electrons. The maximum atomic E-state index is 12.8. The Morgan fingerprint density at radius 1 is 0.968 bits per heavy atom. The van der Waals surface area contributed by atoms with E-state index < -0.39 is 6.04 Å². The van der Waals surface area contributed by atoms with Crippen LogP contribution < -0.4 is 10.6 Å². The topological polar surface area (TPSA) is 84.2 Å². The van der Waals surface area contributed by atoms with E-state index in [1.807, 2.05) is 42.5 Å². The number of furan rings is 1. The predicted molar refractivity (Wildman–Crippen MR) is 119 cm³/mol. The van der Waals surface area contributed by atoms with Crippen LogP contribution in [0.25, 0.3) is 22.6 Å². The Bertz CT molecular complexity index is 1020. The van der Waals surface area contributed by atoms with Crippen molar-refractivity contribution >= 4 is 11.8 Å². The number of likely N-dealkylation sites (N-methyl/N-ethyl adjacent to an activating group) is 1. The third kappa shape index (κ3) is 4.85. The Morgan fingerprint density at radius 3 is 2.42 bits per heavy atom. The van der Waals surface area contributed by atoms with E-state index >= 15 is 0 Å². The molecule has 0 spiro atoms. The van der Waals surface area contributed by atoms with E-state index in [4.69, 9.17) is 4.42 Å². The highest BCUT2D eigenvalue weighted by molar-refractivity contribution is 5.96. The van der Waals surface area contributed by atoms with Gasteiger partial charge in [-0.25, -0.2) is 0 Å². The van der Waals surface area contributed by atoms with E-state index in [1.165, 1.54) is 6.42 Å². The number of hydrogen-bond donors (Lipinski definition) is 2. The lowest BCUT2D eigenvalue weighted by atomic mass is 9.83. The molecular formula is C25H27N3O3.